The van der Waals surface area contributed by atoms with Crippen LogP contribution in [0.1, 0.15) is 17.5 Å². The van der Waals surface area contributed by atoms with E-state index in [1.165, 1.54) is 6.07 Å². The van der Waals surface area contributed by atoms with Crippen molar-refractivity contribution in [2.45, 2.75) is 13.0 Å². The third-order valence-electron chi connectivity index (χ3n) is 3.12. The van der Waals surface area contributed by atoms with E-state index in [4.69, 9.17) is 16.3 Å². The van der Waals surface area contributed by atoms with Crippen molar-refractivity contribution < 1.29 is 13.9 Å². The average molecular weight is 413 g/mol. The SMILES string of the molecule is O=C(NCCC=Cc1c(F)cc(Cl)cc1Br)OCc1ccccc1. The highest BCUT2D eigenvalue weighted by Gasteiger charge is 2.05. The van der Waals surface area contributed by atoms with Gasteiger partial charge in [0.2, 0.25) is 0 Å². The largest absolute Gasteiger partial charge is 0.445 e. The van der Waals surface area contributed by atoms with Crippen molar-refractivity contribution in [2.75, 3.05) is 6.54 Å². The number of benzene rings is 2. The number of halogens is 3. The van der Waals surface area contributed by atoms with Crippen LogP contribution in [0, 0.1) is 5.82 Å². The normalized spacial score (nSPS) is 10.8. The lowest BCUT2D eigenvalue weighted by Gasteiger charge is -2.06. The molecule has 0 aliphatic carbocycles. The maximum Gasteiger partial charge on any atom is 0.407 e. The second kappa shape index (κ2) is 9.45. The van der Waals surface area contributed by atoms with Crippen LogP contribution in [0.2, 0.25) is 5.02 Å². The molecule has 2 aromatic carbocycles. The molecule has 0 aliphatic rings. The summed E-state index contributed by atoms with van der Waals surface area (Å²) in [5, 5.41) is 2.97. The van der Waals surface area contributed by atoms with Gasteiger partial charge in [0.05, 0.1) is 0 Å². The van der Waals surface area contributed by atoms with E-state index in [9.17, 15) is 9.18 Å². The van der Waals surface area contributed by atoms with Gasteiger partial charge in [-0.3, -0.25) is 0 Å². The summed E-state index contributed by atoms with van der Waals surface area (Å²) in [6, 6.07) is 12.3. The van der Waals surface area contributed by atoms with Crippen LogP contribution in [0.4, 0.5) is 9.18 Å². The Balaban J connectivity index is 1.72. The maximum atomic E-state index is 13.8. The molecule has 0 atom stereocenters. The molecular formula is C18H16BrClFNO2. The summed E-state index contributed by atoms with van der Waals surface area (Å²) in [4.78, 5) is 11.6. The first kappa shape index (κ1) is 18.5. The smallest absolute Gasteiger partial charge is 0.407 e. The van der Waals surface area contributed by atoms with E-state index >= 15 is 0 Å². The van der Waals surface area contributed by atoms with Gasteiger partial charge < -0.3 is 10.1 Å². The lowest BCUT2D eigenvalue weighted by Crippen LogP contribution is -2.24. The predicted octanol–water partition coefficient (Wildman–Crippen LogP) is 5.57. The molecule has 0 saturated heterocycles. The highest BCUT2D eigenvalue weighted by molar-refractivity contribution is 9.10. The van der Waals surface area contributed by atoms with Crippen LogP contribution >= 0.6 is 27.5 Å². The third-order valence-corrected chi connectivity index (χ3v) is 4.00. The molecule has 3 nitrogen and oxygen atoms in total. The molecule has 0 aliphatic heterocycles. The Labute approximate surface area is 153 Å². The van der Waals surface area contributed by atoms with Crippen molar-refractivity contribution in [2.24, 2.45) is 0 Å². The molecule has 0 radical (unpaired) electrons. The molecule has 2 aromatic rings. The van der Waals surface area contributed by atoms with Crippen molar-refractivity contribution in [3.63, 3.8) is 0 Å². The molecule has 0 bridgehead atoms. The zero-order valence-corrected chi connectivity index (χ0v) is 15.1. The van der Waals surface area contributed by atoms with Gasteiger partial charge in [0.15, 0.2) is 0 Å². The van der Waals surface area contributed by atoms with E-state index in [1.54, 1.807) is 18.2 Å². The molecule has 6 heteroatoms. The minimum atomic E-state index is -0.480. The van der Waals surface area contributed by atoms with Crippen LogP contribution in [0.15, 0.2) is 53.0 Å². The van der Waals surface area contributed by atoms with Gasteiger partial charge in [-0.1, -0.05) is 70.0 Å². The van der Waals surface area contributed by atoms with E-state index in [1.807, 2.05) is 30.3 Å². The van der Waals surface area contributed by atoms with Gasteiger partial charge in [0.25, 0.3) is 0 Å². The van der Waals surface area contributed by atoms with Crippen LogP contribution in [0.5, 0.6) is 0 Å². The zero-order chi connectivity index (χ0) is 17.4. The van der Waals surface area contributed by atoms with Crippen LogP contribution in [0.25, 0.3) is 6.08 Å². The van der Waals surface area contributed by atoms with Gasteiger partial charge in [-0.2, -0.15) is 0 Å². The highest BCUT2D eigenvalue weighted by atomic mass is 79.9. The van der Waals surface area contributed by atoms with E-state index in [0.717, 1.165) is 5.56 Å². The summed E-state index contributed by atoms with van der Waals surface area (Å²) in [5.41, 5.74) is 1.35. The fourth-order valence-corrected chi connectivity index (χ4v) is 2.85. The number of alkyl carbamates (subject to hydrolysis) is 1. The molecular weight excluding hydrogens is 397 g/mol. The summed E-state index contributed by atoms with van der Waals surface area (Å²) in [6.45, 7) is 0.627. The van der Waals surface area contributed by atoms with Gasteiger partial charge in [-0.15, -0.1) is 0 Å². The van der Waals surface area contributed by atoms with Crippen molar-refractivity contribution >= 4 is 39.7 Å². The quantitative estimate of drug-likeness (QED) is 0.630. The van der Waals surface area contributed by atoms with Crippen molar-refractivity contribution in [3.8, 4) is 0 Å². The van der Waals surface area contributed by atoms with E-state index < -0.39 is 11.9 Å². The average Bonchev–Trinajstić information content (AvgIpc) is 2.55. The molecule has 0 aromatic heterocycles. The summed E-state index contributed by atoms with van der Waals surface area (Å²) < 4.78 is 19.4. The maximum absolute atomic E-state index is 13.8. The van der Waals surface area contributed by atoms with Crippen LogP contribution in [-0.2, 0) is 11.3 Å². The molecule has 0 heterocycles. The summed E-state index contributed by atoms with van der Waals surface area (Å²) >= 11 is 9.03. The van der Waals surface area contributed by atoms with Crippen molar-refractivity contribution in [1.29, 1.82) is 0 Å². The summed E-state index contributed by atoms with van der Waals surface area (Å²) in [7, 11) is 0. The van der Waals surface area contributed by atoms with E-state index in [2.05, 4.69) is 21.2 Å². The number of ether oxygens (including phenoxy) is 1. The van der Waals surface area contributed by atoms with Crippen molar-refractivity contribution in [3.05, 3.63) is 75.0 Å². The van der Waals surface area contributed by atoms with Gasteiger partial charge in [0.1, 0.15) is 12.4 Å². The fraction of sp³-hybridized carbons (Fsp3) is 0.167. The lowest BCUT2D eigenvalue weighted by molar-refractivity contribution is 0.140. The monoisotopic (exact) mass is 411 g/mol. The first-order valence-corrected chi connectivity index (χ1v) is 8.49. The molecule has 1 N–H and O–H groups in total. The first-order valence-electron chi connectivity index (χ1n) is 7.32. The Morgan fingerprint density at radius 3 is 2.75 bits per heavy atom. The molecule has 0 saturated carbocycles. The predicted molar refractivity (Wildman–Crippen MR) is 97.4 cm³/mol. The number of hydrogen-bond acceptors (Lipinski definition) is 2. The first-order chi connectivity index (χ1) is 11.6. The molecule has 0 fully saturated rings. The second-order valence-electron chi connectivity index (χ2n) is 4.96. The Hall–Kier alpha value is -1.85. The summed E-state index contributed by atoms with van der Waals surface area (Å²) in [5.74, 6) is -0.402. The van der Waals surface area contributed by atoms with Gasteiger partial charge in [-0.25, -0.2) is 9.18 Å². The number of rotatable bonds is 6. The molecule has 1 amide bonds. The number of amides is 1. The third kappa shape index (κ3) is 5.98. The molecule has 0 unspecified atom stereocenters. The fourth-order valence-electron chi connectivity index (χ4n) is 1.95. The molecule has 126 valence electrons. The van der Waals surface area contributed by atoms with E-state index in [0.29, 0.717) is 28.0 Å². The lowest BCUT2D eigenvalue weighted by atomic mass is 10.2. The zero-order valence-electron chi connectivity index (χ0n) is 12.8. The van der Waals surface area contributed by atoms with Gasteiger partial charge >= 0.3 is 6.09 Å². The second-order valence-corrected chi connectivity index (χ2v) is 6.25. The highest BCUT2D eigenvalue weighted by Crippen LogP contribution is 2.25. The minimum Gasteiger partial charge on any atom is -0.445 e. The standard InChI is InChI=1S/C18H16BrClFNO2/c19-16-10-14(20)11-17(21)15(16)8-4-5-9-22-18(23)24-12-13-6-2-1-3-7-13/h1-4,6-8,10-11H,5,9,12H2,(H,22,23). The number of carbonyl (C=O) groups is 1. The summed E-state index contributed by atoms with van der Waals surface area (Å²) in [6.07, 6.45) is 3.49. The number of carbonyl (C=O) groups excluding carboxylic acids is 1. The van der Waals surface area contributed by atoms with Crippen LogP contribution in [-0.4, -0.2) is 12.6 Å². The molecule has 2 rings (SSSR count). The molecule has 0 spiro atoms. The van der Waals surface area contributed by atoms with Gasteiger partial charge in [-0.05, 0) is 24.1 Å². The van der Waals surface area contributed by atoms with Gasteiger partial charge in [0, 0.05) is 21.6 Å². The minimum absolute atomic E-state index is 0.228. The molecule has 24 heavy (non-hydrogen) atoms. The number of hydrogen-bond donors (Lipinski definition) is 1. The van der Waals surface area contributed by atoms with E-state index in [-0.39, 0.29) is 6.61 Å². The number of nitrogens with one attached hydrogen (secondary N) is 1. The Morgan fingerprint density at radius 1 is 1.29 bits per heavy atom. The van der Waals surface area contributed by atoms with Crippen LogP contribution < -0.4 is 5.32 Å². The Kier molecular flexibility index (Phi) is 7.28. The van der Waals surface area contributed by atoms with Crippen LogP contribution in [0.3, 0.4) is 0 Å². The van der Waals surface area contributed by atoms with Crippen molar-refractivity contribution in [1.82, 2.24) is 5.32 Å². The topological polar surface area (TPSA) is 38.3 Å². The Morgan fingerprint density at radius 2 is 2.04 bits per heavy atom. The Bertz CT molecular complexity index is 699.